The molecule has 0 fully saturated rings. The molecule has 2 aromatic heterocycles. The van der Waals surface area contributed by atoms with Crippen LogP contribution < -0.4 is 4.74 Å². The molecule has 0 aliphatic carbocycles. The molecule has 0 spiro atoms. The van der Waals surface area contributed by atoms with Crippen molar-refractivity contribution in [3.05, 3.63) is 115 Å². The van der Waals surface area contributed by atoms with E-state index in [9.17, 15) is 9.90 Å². The second kappa shape index (κ2) is 10.5. The molecule has 1 N–H and O–H groups in total. The Labute approximate surface area is 231 Å². The highest BCUT2D eigenvalue weighted by atomic mass is 16.5. The number of hydrogen-bond acceptors (Lipinski definition) is 5. The summed E-state index contributed by atoms with van der Waals surface area (Å²) in [5, 5.41) is 14.3. The van der Waals surface area contributed by atoms with Gasteiger partial charge >= 0.3 is 5.97 Å². The van der Waals surface area contributed by atoms with E-state index in [0.717, 1.165) is 56.1 Å². The maximum Gasteiger partial charge on any atom is 0.335 e. The minimum absolute atomic E-state index is 0.128. The van der Waals surface area contributed by atoms with Crippen LogP contribution in [0.25, 0.3) is 50.4 Å². The Morgan fingerprint density at radius 1 is 0.725 bits per heavy atom. The molecule has 0 saturated heterocycles. The summed E-state index contributed by atoms with van der Waals surface area (Å²) in [5.74, 6) is -0.120. The quantitative estimate of drug-likeness (QED) is 0.235. The zero-order chi connectivity index (χ0) is 27.6. The zero-order valence-corrected chi connectivity index (χ0v) is 22.0. The molecule has 0 bridgehead atoms. The van der Waals surface area contributed by atoms with Crippen LogP contribution in [0.1, 0.15) is 24.2 Å². The molecule has 0 amide bonds. The lowest BCUT2D eigenvalue weighted by molar-refractivity contribution is 0.0697. The van der Waals surface area contributed by atoms with Gasteiger partial charge in [0.1, 0.15) is 5.75 Å². The Hall–Kier alpha value is -5.30. The highest BCUT2D eigenvalue weighted by molar-refractivity contribution is 5.88. The molecule has 0 atom stereocenters. The van der Waals surface area contributed by atoms with E-state index in [1.807, 2.05) is 54.9 Å². The van der Waals surface area contributed by atoms with E-state index in [-0.39, 0.29) is 11.7 Å². The van der Waals surface area contributed by atoms with Crippen molar-refractivity contribution in [1.82, 2.24) is 19.7 Å². The summed E-state index contributed by atoms with van der Waals surface area (Å²) in [6, 6.07) is 31.0. The lowest BCUT2D eigenvalue weighted by Crippen LogP contribution is -2.05. The van der Waals surface area contributed by atoms with Crippen LogP contribution in [0, 0.1) is 0 Å². The second-order valence-corrected chi connectivity index (χ2v) is 9.71. The fourth-order valence-electron chi connectivity index (χ4n) is 4.62. The third kappa shape index (κ3) is 5.05. The van der Waals surface area contributed by atoms with Crippen LogP contribution >= 0.6 is 0 Å². The fraction of sp³-hybridized carbons (Fsp3) is 0.0909. The predicted octanol–water partition coefficient (Wildman–Crippen LogP) is 7.30. The van der Waals surface area contributed by atoms with Gasteiger partial charge in [-0.3, -0.25) is 9.97 Å². The molecule has 7 heteroatoms. The number of carboxylic acids is 1. The molecule has 7 nitrogen and oxygen atoms in total. The number of aromatic nitrogens is 4. The average molecular weight is 527 g/mol. The molecular formula is C33H26N4O3. The lowest BCUT2D eigenvalue weighted by Gasteiger charge is -2.11. The highest BCUT2D eigenvalue weighted by Crippen LogP contribution is 2.32. The van der Waals surface area contributed by atoms with Crippen LogP contribution in [-0.2, 0) is 0 Å². The molecule has 0 unspecified atom stereocenters. The predicted molar refractivity (Wildman–Crippen MR) is 156 cm³/mol. The summed E-state index contributed by atoms with van der Waals surface area (Å²) >= 11 is 0. The topological polar surface area (TPSA) is 90.1 Å². The normalized spacial score (nSPS) is 11.2. The van der Waals surface area contributed by atoms with Crippen molar-refractivity contribution in [2.45, 2.75) is 20.0 Å². The first-order valence-electron chi connectivity index (χ1n) is 13.0. The number of carboxylic acid groups (broad SMARTS) is 1. The van der Waals surface area contributed by atoms with Crippen molar-refractivity contribution < 1.29 is 14.6 Å². The van der Waals surface area contributed by atoms with Gasteiger partial charge in [0.2, 0.25) is 0 Å². The van der Waals surface area contributed by atoms with Crippen molar-refractivity contribution in [1.29, 1.82) is 0 Å². The van der Waals surface area contributed by atoms with Gasteiger partial charge in [-0.15, -0.1) is 0 Å². The van der Waals surface area contributed by atoms with Crippen molar-refractivity contribution >= 4 is 17.0 Å². The standard InChI is InChI=1S/C33H26N4O3/c1-21(2)40-28-14-9-23(10-15-28)22-3-5-24(6-4-22)32-20-30(26-11-16-29-31(19-26)35-18-17-34-29)36-37(32)27-12-7-25(8-13-27)33(38)39/h3-21H,1-2H3,(H,38,39). The van der Waals surface area contributed by atoms with Crippen LogP contribution in [0.4, 0.5) is 0 Å². The van der Waals surface area contributed by atoms with Crippen LogP contribution in [0.2, 0.25) is 0 Å². The molecule has 0 aliphatic heterocycles. The third-order valence-electron chi connectivity index (χ3n) is 6.57. The number of rotatable bonds is 7. The maximum absolute atomic E-state index is 11.4. The van der Waals surface area contributed by atoms with Crippen LogP contribution in [0.5, 0.6) is 5.75 Å². The monoisotopic (exact) mass is 526 g/mol. The maximum atomic E-state index is 11.4. The SMILES string of the molecule is CC(C)Oc1ccc(-c2ccc(-c3cc(-c4ccc5nccnc5c4)nn3-c3ccc(C(=O)O)cc3)cc2)cc1. The first-order valence-corrected chi connectivity index (χ1v) is 13.0. The molecule has 40 heavy (non-hydrogen) atoms. The summed E-state index contributed by atoms with van der Waals surface area (Å²) in [6.07, 6.45) is 3.47. The summed E-state index contributed by atoms with van der Waals surface area (Å²) in [6.45, 7) is 4.02. The molecule has 2 heterocycles. The Kier molecular flexibility index (Phi) is 6.54. The van der Waals surface area contributed by atoms with E-state index in [0.29, 0.717) is 0 Å². The first-order chi connectivity index (χ1) is 19.4. The zero-order valence-electron chi connectivity index (χ0n) is 22.0. The number of benzene rings is 4. The van der Waals surface area contributed by atoms with E-state index < -0.39 is 5.97 Å². The van der Waals surface area contributed by atoms with E-state index in [4.69, 9.17) is 9.84 Å². The summed E-state index contributed by atoms with van der Waals surface area (Å²) < 4.78 is 7.61. The van der Waals surface area contributed by atoms with Crippen molar-refractivity contribution in [2.75, 3.05) is 0 Å². The molecule has 0 aliphatic rings. The van der Waals surface area contributed by atoms with Gasteiger partial charge in [0.15, 0.2) is 0 Å². The van der Waals surface area contributed by atoms with Gasteiger partial charge in [0.05, 0.1) is 39.8 Å². The smallest absolute Gasteiger partial charge is 0.335 e. The van der Waals surface area contributed by atoms with Gasteiger partial charge < -0.3 is 9.84 Å². The van der Waals surface area contributed by atoms with Crippen LogP contribution in [-0.4, -0.2) is 36.9 Å². The molecule has 196 valence electrons. The molecular weight excluding hydrogens is 500 g/mol. The van der Waals surface area contributed by atoms with E-state index >= 15 is 0 Å². The van der Waals surface area contributed by atoms with Gasteiger partial charge in [0.25, 0.3) is 0 Å². The Balaban J connectivity index is 1.39. The Bertz CT molecular complexity index is 1810. The Morgan fingerprint density at radius 3 is 1.98 bits per heavy atom. The van der Waals surface area contributed by atoms with E-state index in [1.54, 1.807) is 36.7 Å². The molecule has 4 aromatic carbocycles. The molecule has 0 saturated carbocycles. The van der Waals surface area contributed by atoms with Gasteiger partial charge in [-0.25, -0.2) is 9.48 Å². The fourth-order valence-corrected chi connectivity index (χ4v) is 4.62. The largest absolute Gasteiger partial charge is 0.491 e. The van der Waals surface area contributed by atoms with Crippen molar-refractivity contribution in [3.63, 3.8) is 0 Å². The third-order valence-corrected chi connectivity index (χ3v) is 6.57. The average Bonchev–Trinajstić information content (AvgIpc) is 3.43. The summed E-state index contributed by atoms with van der Waals surface area (Å²) in [4.78, 5) is 20.2. The Morgan fingerprint density at radius 2 is 1.32 bits per heavy atom. The highest BCUT2D eigenvalue weighted by Gasteiger charge is 2.15. The second-order valence-electron chi connectivity index (χ2n) is 9.71. The molecule has 0 radical (unpaired) electrons. The van der Waals surface area contributed by atoms with Crippen molar-refractivity contribution in [3.8, 4) is 45.1 Å². The van der Waals surface area contributed by atoms with Crippen LogP contribution in [0.15, 0.2) is 109 Å². The van der Waals surface area contributed by atoms with Crippen LogP contribution in [0.3, 0.4) is 0 Å². The number of nitrogens with zero attached hydrogens (tertiary/aromatic N) is 4. The molecule has 6 aromatic rings. The van der Waals surface area contributed by atoms with Gasteiger partial charge in [0, 0.05) is 23.5 Å². The van der Waals surface area contributed by atoms with E-state index in [1.165, 1.54) is 0 Å². The van der Waals surface area contributed by atoms with Gasteiger partial charge in [-0.05, 0) is 79.6 Å². The van der Waals surface area contributed by atoms with Gasteiger partial charge in [-0.2, -0.15) is 5.10 Å². The minimum atomic E-state index is -0.968. The summed E-state index contributed by atoms with van der Waals surface area (Å²) in [7, 11) is 0. The minimum Gasteiger partial charge on any atom is -0.491 e. The van der Waals surface area contributed by atoms with E-state index in [2.05, 4.69) is 46.4 Å². The number of aromatic carboxylic acids is 1. The lowest BCUT2D eigenvalue weighted by atomic mass is 10.0. The van der Waals surface area contributed by atoms with Gasteiger partial charge in [-0.1, -0.05) is 42.5 Å². The number of ether oxygens (including phenoxy) is 1. The number of fused-ring (bicyclic) bond motifs is 1. The van der Waals surface area contributed by atoms with Crippen molar-refractivity contribution in [2.24, 2.45) is 0 Å². The number of carbonyl (C=O) groups is 1. The number of hydrogen-bond donors (Lipinski definition) is 1. The molecule has 6 rings (SSSR count). The summed E-state index contributed by atoms with van der Waals surface area (Å²) in [5.41, 5.74) is 8.31. The first kappa shape index (κ1) is 25.0.